The van der Waals surface area contributed by atoms with Crippen molar-refractivity contribution in [3.8, 4) is 0 Å². The number of carbonyl (C=O) groups excluding carboxylic acids is 2. The Hall–Kier alpha value is -1.06. The second kappa shape index (κ2) is 6.21. The molecule has 0 bridgehead atoms. The van der Waals surface area contributed by atoms with Gasteiger partial charge in [0, 0.05) is 6.04 Å². The van der Waals surface area contributed by atoms with Crippen molar-refractivity contribution >= 4 is 11.8 Å². The lowest BCUT2D eigenvalue weighted by Crippen LogP contribution is -2.65. The second-order valence-corrected chi connectivity index (χ2v) is 5.62. The summed E-state index contributed by atoms with van der Waals surface area (Å²) in [5.74, 6) is 0.490. The Morgan fingerprint density at radius 2 is 1.83 bits per heavy atom. The summed E-state index contributed by atoms with van der Waals surface area (Å²) in [7, 11) is 0. The molecule has 0 spiro atoms. The lowest BCUT2D eigenvalue weighted by molar-refractivity contribution is -0.152. The standard InChI is InChI=1S/C14H26N2O2/c1-6-10(5)16-12(7-2)13(17)15-11(14(16)18)8-9(3)4/h9-12H,6-8H2,1-5H3,(H,15,17). The molecule has 3 atom stereocenters. The molecule has 4 nitrogen and oxygen atoms in total. The highest BCUT2D eigenvalue weighted by molar-refractivity contribution is 5.97. The number of hydrogen-bond acceptors (Lipinski definition) is 2. The number of rotatable bonds is 5. The first-order valence-corrected chi connectivity index (χ1v) is 7.04. The SMILES string of the molecule is CCC(C)N1C(=O)C(CC(C)C)NC(=O)C1CC. The number of hydrogen-bond donors (Lipinski definition) is 1. The van der Waals surface area contributed by atoms with E-state index >= 15 is 0 Å². The average molecular weight is 254 g/mol. The maximum Gasteiger partial charge on any atom is 0.246 e. The summed E-state index contributed by atoms with van der Waals surface area (Å²) in [6, 6.07) is -0.506. The average Bonchev–Trinajstić information content (AvgIpc) is 2.31. The minimum absolute atomic E-state index is 0.00282. The summed E-state index contributed by atoms with van der Waals surface area (Å²) in [6.07, 6.45) is 2.27. The van der Waals surface area contributed by atoms with Gasteiger partial charge in [-0.2, -0.15) is 0 Å². The van der Waals surface area contributed by atoms with Crippen LogP contribution < -0.4 is 5.32 Å². The zero-order valence-electron chi connectivity index (χ0n) is 12.2. The van der Waals surface area contributed by atoms with Gasteiger partial charge in [-0.15, -0.1) is 0 Å². The van der Waals surface area contributed by atoms with Gasteiger partial charge >= 0.3 is 0 Å². The van der Waals surface area contributed by atoms with Gasteiger partial charge < -0.3 is 10.2 Å². The minimum atomic E-state index is -0.339. The van der Waals surface area contributed by atoms with Crippen molar-refractivity contribution < 1.29 is 9.59 Å². The summed E-state index contributed by atoms with van der Waals surface area (Å²) >= 11 is 0. The molecule has 1 heterocycles. The third kappa shape index (κ3) is 3.03. The van der Waals surface area contributed by atoms with Crippen LogP contribution in [0, 0.1) is 5.92 Å². The van der Waals surface area contributed by atoms with Crippen molar-refractivity contribution in [1.29, 1.82) is 0 Å². The van der Waals surface area contributed by atoms with Gasteiger partial charge in [0.25, 0.3) is 0 Å². The highest BCUT2D eigenvalue weighted by Gasteiger charge is 2.41. The number of carbonyl (C=O) groups is 2. The molecule has 1 N–H and O–H groups in total. The van der Waals surface area contributed by atoms with E-state index in [1.165, 1.54) is 0 Å². The maximum absolute atomic E-state index is 12.5. The van der Waals surface area contributed by atoms with E-state index in [0.717, 1.165) is 6.42 Å². The lowest BCUT2D eigenvalue weighted by atomic mass is 9.96. The van der Waals surface area contributed by atoms with Gasteiger partial charge in [-0.25, -0.2) is 0 Å². The highest BCUT2D eigenvalue weighted by atomic mass is 16.2. The van der Waals surface area contributed by atoms with E-state index in [2.05, 4.69) is 26.1 Å². The Labute approximate surface area is 110 Å². The minimum Gasteiger partial charge on any atom is -0.342 e. The van der Waals surface area contributed by atoms with Gasteiger partial charge in [0.15, 0.2) is 0 Å². The topological polar surface area (TPSA) is 49.4 Å². The Morgan fingerprint density at radius 1 is 1.22 bits per heavy atom. The van der Waals surface area contributed by atoms with E-state index in [9.17, 15) is 9.59 Å². The largest absolute Gasteiger partial charge is 0.342 e. The molecule has 1 aliphatic rings. The van der Waals surface area contributed by atoms with Gasteiger partial charge in [0.05, 0.1) is 0 Å². The Bertz CT molecular complexity index is 315. The van der Waals surface area contributed by atoms with Gasteiger partial charge in [-0.3, -0.25) is 9.59 Å². The van der Waals surface area contributed by atoms with Crippen molar-refractivity contribution in [2.24, 2.45) is 5.92 Å². The molecular formula is C14H26N2O2. The van der Waals surface area contributed by atoms with Crippen LogP contribution in [0.5, 0.6) is 0 Å². The Kier molecular flexibility index (Phi) is 5.17. The predicted octanol–water partition coefficient (Wildman–Crippen LogP) is 1.94. The molecule has 0 radical (unpaired) electrons. The van der Waals surface area contributed by atoms with Crippen LogP contribution in [0.15, 0.2) is 0 Å². The van der Waals surface area contributed by atoms with Crippen LogP contribution in [-0.4, -0.2) is 34.8 Å². The van der Waals surface area contributed by atoms with Crippen LogP contribution in [-0.2, 0) is 9.59 Å². The molecule has 0 aromatic carbocycles. The van der Waals surface area contributed by atoms with E-state index in [1.54, 1.807) is 4.90 Å². The number of nitrogens with zero attached hydrogens (tertiary/aromatic N) is 1. The number of amides is 2. The smallest absolute Gasteiger partial charge is 0.246 e. The molecule has 1 fully saturated rings. The molecule has 18 heavy (non-hydrogen) atoms. The first-order valence-electron chi connectivity index (χ1n) is 7.04. The zero-order valence-corrected chi connectivity index (χ0v) is 12.2. The van der Waals surface area contributed by atoms with Crippen molar-refractivity contribution in [3.63, 3.8) is 0 Å². The third-order valence-electron chi connectivity index (χ3n) is 3.67. The summed E-state index contributed by atoms with van der Waals surface area (Å²) in [4.78, 5) is 26.4. The second-order valence-electron chi connectivity index (χ2n) is 5.62. The molecule has 0 aromatic heterocycles. The van der Waals surface area contributed by atoms with Crippen LogP contribution in [0.1, 0.15) is 53.9 Å². The van der Waals surface area contributed by atoms with Crippen LogP contribution in [0.3, 0.4) is 0 Å². The number of piperazine rings is 1. The van der Waals surface area contributed by atoms with Crippen LogP contribution in [0.25, 0.3) is 0 Å². The van der Waals surface area contributed by atoms with E-state index in [4.69, 9.17) is 0 Å². The van der Waals surface area contributed by atoms with Crippen LogP contribution >= 0.6 is 0 Å². The van der Waals surface area contributed by atoms with E-state index in [0.29, 0.717) is 18.8 Å². The van der Waals surface area contributed by atoms with Crippen LogP contribution in [0.2, 0.25) is 0 Å². The maximum atomic E-state index is 12.5. The summed E-state index contributed by atoms with van der Waals surface area (Å²) in [5, 5.41) is 2.88. The summed E-state index contributed by atoms with van der Waals surface area (Å²) < 4.78 is 0. The molecule has 1 rings (SSSR count). The third-order valence-corrected chi connectivity index (χ3v) is 3.67. The molecular weight excluding hydrogens is 228 g/mol. The van der Waals surface area contributed by atoms with E-state index in [1.807, 2.05) is 13.8 Å². The van der Waals surface area contributed by atoms with Crippen molar-refractivity contribution in [3.05, 3.63) is 0 Å². The van der Waals surface area contributed by atoms with E-state index in [-0.39, 0.29) is 29.9 Å². The van der Waals surface area contributed by atoms with Crippen molar-refractivity contribution in [1.82, 2.24) is 10.2 Å². The van der Waals surface area contributed by atoms with Gasteiger partial charge in [-0.05, 0) is 32.1 Å². The highest BCUT2D eigenvalue weighted by Crippen LogP contribution is 2.21. The first-order chi connectivity index (χ1) is 8.42. The van der Waals surface area contributed by atoms with Gasteiger partial charge in [-0.1, -0.05) is 27.7 Å². The Morgan fingerprint density at radius 3 is 2.28 bits per heavy atom. The lowest BCUT2D eigenvalue weighted by Gasteiger charge is -2.42. The van der Waals surface area contributed by atoms with Gasteiger partial charge in [0.2, 0.25) is 11.8 Å². The molecule has 1 aliphatic heterocycles. The molecule has 2 amide bonds. The normalized spacial score (nSPS) is 26.4. The fourth-order valence-electron chi connectivity index (χ4n) is 2.52. The quantitative estimate of drug-likeness (QED) is 0.815. The van der Waals surface area contributed by atoms with Crippen molar-refractivity contribution in [2.45, 2.75) is 72.0 Å². The molecule has 0 aromatic rings. The van der Waals surface area contributed by atoms with Crippen molar-refractivity contribution in [2.75, 3.05) is 0 Å². The molecule has 0 aliphatic carbocycles. The zero-order chi connectivity index (χ0) is 13.9. The van der Waals surface area contributed by atoms with Gasteiger partial charge in [0.1, 0.15) is 12.1 Å². The number of nitrogens with one attached hydrogen (secondary N) is 1. The molecule has 0 saturated carbocycles. The molecule has 104 valence electrons. The van der Waals surface area contributed by atoms with E-state index < -0.39 is 0 Å². The fraction of sp³-hybridized carbons (Fsp3) is 0.857. The summed E-state index contributed by atoms with van der Waals surface area (Å²) in [5.41, 5.74) is 0. The predicted molar refractivity (Wildman–Crippen MR) is 72.1 cm³/mol. The Balaban J connectivity index is 2.93. The summed E-state index contributed by atoms with van der Waals surface area (Å²) in [6.45, 7) is 10.2. The molecule has 1 saturated heterocycles. The molecule has 4 heteroatoms. The monoisotopic (exact) mass is 254 g/mol. The first kappa shape index (κ1) is 15.0. The van der Waals surface area contributed by atoms with Crippen LogP contribution in [0.4, 0.5) is 0 Å². The fourth-order valence-corrected chi connectivity index (χ4v) is 2.52. The molecule has 3 unspecified atom stereocenters.